The minimum atomic E-state index is -0.398. The fourth-order valence-corrected chi connectivity index (χ4v) is 2.86. The number of benzene rings is 2. The molecule has 0 amide bonds. The monoisotopic (exact) mass is 488 g/mol. The van der Waals surface area contributed by atoms with E-state index in [2.05, 4.69) is 37.2 Å². The van der Waals surface area contributed by atoms with E-state index in [1.54, 1.807) is 24.3 Å². The van der Waals surface area contributed by atoms with Gasteiger partial charge in [-0.25, -0.2) is 0 Å². The van der Waals surface area contributed by atoms with Crippen LogP contribution < -0.4 is 11.1 Å². The van der Waals surface area contributed by atoms with Gasteiger partial charge in [-0.05, 0) is 44.2 Å². The summed E-state index contributed by atoms with van der Waals surface area (Å²) in [5.74, 6) is 0. The van der Waals surface area contributed by atoms with Crippen molar-refractivity contribution in [3.63, 3.8) is 0 Å². The van der Waals surface area contributed by atoms with Crippen molar-refractivity contribution in [3.05, 3.63) is 71.1 Å². The molecule has 8 nitrogen and oxygen atoms in total. The summed E-state index contributed by atoms with van der Waals surface area (Å²) < 4.78 is 1.66. The number of nitrogens with two attached hydrogens (primary N) is 1. The van der Waals surface area contributed by atoms with E-state index in [1.165, 1.54) is 12.1 Å². The Morgan fingerprint density at radius 1 is 1.00 bits per heavy atom. The number of nitrogens with zero attached hydrogens (tertiary/aromatic N) is 2. The normalized spacial score (nSPS) is 9.85. The molecule has 26 heavy (non-hydrogen) atoms. The molecule has 2 aromatic rings. The quantitative estimate of drug-likeness (QED) is 0.449. The summed E-state index contributed by atoms with van der Waals surface area (Å²) >= 11 is 6.50. The van der Waals surface area contributed by atoms with Gasteiger partial charge in [-0.2, -0.15) is 0 Å². The summed E-state index contributed by atoms with van der Waals surface area (Å²) in [6, 6.07) is 9.68. The van der Waals surface area contributed by atoms with E-state index in [4.69, 9.17) is 5.73 Å². The van der Waals surface area contributed by atoms with Gasteiger partial charge in [-0.1, -0.05) is 31.9 Å². The third-order valence-electron chi connectivity index (χ3n) is 3.17. The van der Waals surface area contributed by atoms with Crippen molar-refractivity contribution in [2.24, 2.45) is 5.73 Å². The Hall–Kier alpha value is -2.04. The zero-order chi connectivity index (χ0) is 19.7. The first-order valence-electron chi connectivity index (χ1n) is 7.60. The molecule has 0 atom stereocenters. The highest BCUT2D eigenvalue weighted by atomic mass is 79.9. The molecule has 0 saturated heterocycles. The molecule has 0 heterocycles. The van der Waals surface area contributed by atoms with Crippen molar-refractivity contribution >= 4 is 48.9 Å². The SMILES string of the molecule is CCNc1cc(Br)ccc1[N+](=O)[O-].NCCc1cc(Br)ccc1[N+](=O)[O-]. The molecule has 0 unspecified atom stereocenters. The van der Waals surface area contributed by atoms with Crippen LogP contribution in [0.1, 0.15) is 12.5 Å². The molecule has 0 saturated carbocycles. The van der Waals surface area contributed by atoms with Crippen molar-refractivity contribution in [2.75, 3.05) is 18.4 Å². The summed E-state index contributed by atoms with van der Waals surface area (Å²) in [7, 11) is 0. The van der Waals surface area contributed by atoms with E-state index in [9.17, 15) is 20.2 Å². The second-order valence-electron chi connectivity index (χ2n) is 5.02. The predicted octanol–water partition coefficient (Wildman–Crippen LogP) is 4.65. The molecule has 0 spiro atoms. The number of nitro groups is 2. The molecule has 0 radical (unpaired) electrons. The maximum Gasteiger partial charge on any atom is 0.292 e. The molecule has 0 aliphatic heterocycles. The number of rotatable bonds is 6. The lowest BCUT2D eigenvalue weighted by Crippen LogP contribution is -2.05. The fourth-order valence-electron chi connectivity index (χ4n) is 2.09. The molecule has 0 aliphatic carbocycles. The highest BCUT2D eigenvalue weighted by Crippen LogP contribution is 2.27. The first kappa shape index (κ1) is 22.0. The van der Waals surface area contributed by atoms with Gasteiger partial charge in [0.2, 0.25) is 0 Å². The van der Waals surface area contributed by atoms with E-state index in [1.807, 2.05) is 6.92 Å². The van der Waals surface area contributed by atoms with Gasteiger partial charge in [0.1, 0.15) is 5.69 Å². The van der Waals surface area contributed by atoms with Gasteiger partial charge >= 0.3 is 0 Å². The largest absolute Gasteiger partial charge is 0.380 e. The van der Waals surface area contributed by atoms with Crippen LogP contribution in [0, 0.1) is 20.2 Å². The molecule has 140 valence electrons. The van der Waals surface area contributed by atoms with Crippen molar-refractivity contribution in [3.8, 4) is 0 Å². The predicted molar refractivity (Wildman–Crippen MR) is 109 cm³/mol. The first-order chi connectivity index (χ1) is 12.3. The average Bonchev–Trinajstić information content (AvgIpc) is 2.55. The van der Waals surface area contributed by atoms with Crippen LogP contribution in [0.15, 0.2) is 45.3 Å². The first-order valence-corrected chi connectivity index (χ1v) is 9.19. The number of hydrogen-bond donors (Lipinski definition) is 2. The second-order valence-corrected chi connectivity index (χ2v) is 6.85. The van der Waals surface area contributed by atoms with Gasteiger partial charge in [0.15, 0.2) is 0 Å². The molecule has 0 aromatic heterocycles. The lowest BCUT2D eigenvalue weighted by molar-refractivity contribution is -0.385. The van der Waals surface area contributed by atoms with Gasteiger partial charge in [0.05, 0.1) is 9.85 Å². The van der Waals surface area contributed by atoms with Crippen molar-refractivity contribution in [1.29, 1.82) is 0 Å². The molecule has 2 aromatic carbocycles. The molecule has 0 aliphatic rings. The minimum Gasteiger partial charge on any atom is -0.380 e. The molecule has 0 fully saturated rings. The Morgan fingerprint density at radius 3 is 2.04 bits per heavy atom. The summed E-state index contributed by atoms with van der Waals surface area (Å²) in [6.45, 7) is 2.97. The van der Waals surface area contributed by atoms with E-state index in [0.717, 1.165) is 8.95 Å². The lowest BCUT2D eigenvalue weighted by Gasteiger charge is -2.03. The van der Waals surface area contributed by atoms with E-state index < -0.39 is 9.85 Å². The van der Waals surface area contributed by atoms with Crippen molar-refractivity contribution in [1.82, 2.24) is 0 Å². The molecule has 3 N–H and O–H groups in total. The van der Waals surface area contributed by atoms with Crippen LogP contribution in [-0.2, 0) is 6.42 Å². The number of hydrogen-bond acceptors (Lipinski definition) is 6. The summed E-state index contributed by atoms with van der Waals surface area (Å²) in [6.07, 6.45) is 0.524. The zero-order valence-corrected chi connectivity index (χ0v) is 17.1. The smallest absolute Gasteiger partial charge is 0.292 e. The van der Waals surface area contributed by atoms with Crippen LogP contribution in [0.2, 0.25) is 0 Å². The topological polar surface area (TPSA) is 124 Å². The lowest BCUT2D eigenvalue weighted by atomic mass is 10.1. The number of halogens is 2. The van der Waals surface area contributed by atoms with Crippen LogP contribution in [0.3, 0.4) is 0 Å². The molecule has 2 rings (SSSR count). The Morgan fingerprint density at radius 2 is 1.54 bits per heavy atom. The average molecular weight is 490 g/mol. The van der Waals surface area contributed by atoms with Gasteiger partial charge in [-0.15, -0.1) is 0 Å². The van der Waals surface area contributed by atoms with Gasteiger partial charge in [-0.3, -0.25) is 20.2 Å². The second kappa shape index (κ2) is 10.8. The minimum absolute atomic E-state index is 0.102. The maximum absolute atomic E-state index is 10.6. The van der Waals surface area contributed by atoms with Gasteiger partial charge < -0.3 is 11.1 Å². The van der Waals surface area contributed by atoms with E-state index in [-0.39, 0.29) is 11.4 Å². The highest BCUT2D eigenvalue weighted by Gasteiger charge is 2.13. The zero-order valence-electron chi connectivity index (χ0n) is 13.9. The Balaban J connectivity index is 0.000000260. The number of nitrogens with one attached hydrogen (secondary N) is 1. The van der Waals surface area contributed by atoms with Crippen molar-refractivity contribution < 1.29 is 9.85 Å². The van der Waals surface area contributed by atoms with Crippen LogP contribution in [0.25, 0.3) is 0 Å². The summed E-state index contributed by atoms with van der Waals surface area (Å²) in [5.41, 5.74) is 6.79. The van der Waals surface area contributed by atoms with E-state index >= 15 is 0 Å². The Bertz CT molecular complexity index is 721. The number of anilines is 1. The molecule has 10 heteroatoms. The van der Waals surface area contributed by atoms with Gasteiger partial charge in [0.25, 0.3) is 11.4 Å². The summed E-state index contributed by atoms with van der Waals surface area (Å²) in [5, 5.41) is 24.0. The van der Waals surface area contributed by atoms with Crippen LogP contribution >= 0.6 is 31.9 Å². The molecule has 0 bridgehead atoms. The van der Waals surface area contributed by atoms with Gasteiger partial charge in [0, 0.05) is 33.2 Å². The van der Waals surface area contributed by atoms with Crippen LogP contribution in [0.5, 0.6) is 0 Å². The summed E-state index contributed by atoms with van der Waals surface area (Å²) in [4.78, 5) is 20.3. The van der Waals surface area contributed by atoms with E-state index in [0.29, 0.717) is 30.8 Å². The fraction of sp³-hybridized carbons (Fsp3) is 0.250. The van der Waals surface area contributed by atoms with Crippen LogP contribution in [0.4, 0.5) is 17.1 Å². The standard InChI is InChI=1S/2C8H9BrN2O2/c1-2-10-7-5-6(9)3-4-8(7)11(12)13;9-7-1-2-8(11(12)13)6(5-7)3-4-10/h3-5,10H,2H2,1H3;1-2,5H,3-4,10H2. The third kappa shape index (κ3) is 6.70. The third-order valence-corrected chi connectivity index (χ3v) is 4.16. The number of nitro benzene ring substituents is 2. The highest BCUT2D eigenvalue weighted by molar-refractivity contribution is 9.10. The van der Waals surface area contributed by atoms with Crippen LogP contribution in [-0.4, -0.2) is 22.9 Å². The Labute approximate surface area is 167 Å². The Kier molecular flexibility index (Phi) is 9.17. The molecular weight excluding hydrogens is 472 g/mol. The maximum atomic E-state index is 10.6. The van der Waals surface area contributed by atoms with Crippen molar-refractivity contribution in [2.45, 2.75) is 13.3 Å². The molecular formula is C16H18Br2N4O4.